The zero-order valence-electron chi connectivity index (χ0n) is 9.88. The Hall–Kier alpha value is -2.35. The summed E-state index contributed by atoms with van der Waals surface area (Å²) >= 11 is 0. The first-order valence-corrected chi connectivity index (χ1v) is 5.94. The third-order valence-corrected chi connectivity index (χ3v) is 3.09. The maximum Gasteiger partial charge on any atom is 0.116 e. The Bertz CT molecular complexity index is 627. The van der Waals surface area contributed by atoms with Gasteiger partial charge in [0, 0.05) is 24.4 Å². The van der Waals surface area contributed by atoms with E-state index < -0.39 is 0 Å². The highest BCUT2D eigenvalue weighted by Crippen LogP contribution is 2.30. The predicted molar refractivity (Wildman–Crippen MR) is 73.8 cm³/mol. The van der Waals surface area contributed by atoms with Gasteiger partial charge in [0.15, 0.2) is 0 Å². The molecule has 2 aromatic rings. The molecule has 0 spiro atoms. The summed E-state index contributed by atoms with van der Waals surface area (Å²) in [5, 5.41) is 9.68. The smallest absolute Gasteiger partial charge is 0.116 e. The molecule has 0 atom stereocenters. The molecule has 1 aliphatic rings. The number of rotatable bonds is 1. The van der Waals surface area contributed by atoms with Crippen molar-refractivity contribution >= 4 is 11.8 Å². The highest BCUT2D eigenvalue weighted by Gasteiger charge is 2.12. The molecule has 0 bridgehead atoms. The van der Waals surface area contributed by atoms with Crippen molar-refractivity contribution in [2.24, 2.45) is 4.99 Å². The minimum absolute atomic E-state index is 0.289. The van der Waals surface area contributed by atoms with Crippen molar-refractivity contribution in [2.75, 3.05) is 0 Å². The Morgan fingerprint density at radius 1 is 1.00 bits per heavy atom. The van der Waals surface area contributed by atoms with Crippen LogP contribution in [0.25, 0.3) is 5.57 Å². The molecule has 88 valence electrons. The van der Waals surface area contributed by atoms with Crippen molar-refractivity contribution in [3.63, 3.8) is 0 Å². The van der Waals surface area contributed by atoms with Crippen molar-refractivity contribution < 1.29 is 5.11 Å². The summed E-state index contributed by atoms with van der Waals surface area (Å²) in [6.07, 6.45) is 4.55. The third kappa shape index (κ3) is 1.93. The van der Waals surface area contributed by atoms with E-state index in [1.807, 2.05) is 42.7 Å². The first-order valence-electron chi connectivity index (χ1n) is 5.94. The van der Waals surface area contributed by atoms with Gasteiger partial charge in [0.1, 0.15) is 5.75 Å². The van der Waals surface area contributed by atoms with Crippen molar-refractivity contribution in [3.05, 3.63) is 71.4 Å². The number of benzene rings is 2. The van der Waals surface area contributed by atoms with Crippen LogP contribution in [0.15, 0.2) is 59.7 Å². The molecule has 0 unspecified atom stereocenters. The van der Waals surface area contributed by atoms with Crippen LogP contribution in [0.4, 0.5) is 0 Å². The topological polar surface area (TPSA) is 32.6 Å². The summed E-state index contributed by atoms with van der Waals surface area (Å²) in [4.78, 5) is 4.30. The first-order chi connectivity index (χ1) is 8.84. The highest BCUT2D eigenvalue weighted by atomic mass is 16.3. The van der Waals surface area contributed by atoms with E-state index in [0.717, 1.165) is 23.1 Å². The minimum Gasteiger partial charge on any atom is -0.508 e. The molecule has 1 heterocycles. The maximum atomic E-state index is 9.68. The zero-order valence-corrected chi connectivity index (χ0v) is 9.88. The SMILES string of the molecule is Oc1ccc2c(c1)C(c1ccccc1)=CN=CC2. The van der Waals surface area contributed by atoms with Gasteiger partial charge in [-0.25, -0.2) is 0 Å². The van der Waals surface area contributed by atoms with E-state index in [1.54, 1.807) is 6.07 Å². The lowest BCUT2D eigenvalue weighted by atomic mass is 9.94. The van der Waals surface area contributed by atoms with Gasteiger partial charge in [0.2, 0.25) is 0 Å². The fourth-order valence-electron chi connectivity index (χ4n) is 2.19. The molecule has 1 N–H and O–H groups in total. The van der Waals surface area contributed by atoms with Crippen LogP contribution in [0.1, 0.15) is 16.7 Å². The summed E-state index contributed by atoms with van der Waals surface area (Å²) in [5.41, 5.74) is 4.40. The summed E-state index contributed by atoms with van der Waals surface area (Å²) < 4.78 is 0. The third-order valence-electron chi connectivity index (χ3n) is 3.09. The number of hydrogen-bond donors (Lipinski definition) is 1. The number of fused-ring (bicyclic) bond motifs is 1. The second-order valence-corrected chi connectivity index (χ2v) is 4.29. The van der Waals surface area contributed by atoms with E-state index in [-0.39, 0.29) is 5.75 Å². The Labute approximate surface area is 106 Å². The number of hydrogen-bond acceptors (Lipinski definition) is 2. The van der Waals surface area contributed by atoms with Crippen LogP contribution in [0.3, 0.4) is 0 Å². The van der Waals surface area contributed by atoms with Gasteiger partial charge in [0.25, 0.3) is 0 Å². The van der Waals surface area contributed by atoms with Crippen LogP contribution in [0, 0.1) is 0 Å². The summed E-state index contributed by atoms with van der Waals surface area (Å²) in [5.74, 6) is 0.289. The second-order valence-electron chi connectivity index (χ2n) is 4.29. The molecule has 3 rings (SSSR count). The van der Waals surface area contributed by atoms with Crippen molar-refractivity contribution in [1.82, 2.24) is 0 Å². The molecule has 0 fully saturated rings. The molecule has 0 saturated heterocycles. The molecule has 0 amide bonds. The average Bonchev–Trinajstić information content (AvgIpc) is 2.61. The number of nitrogens with zero attached hydrogens (tertiary/aromatic N) is 1. The molecule has 1 aliphatic heterocycles. The molecule has 2 nitrogen and oxygen atoms in total. The summed E-state index contributed by atoms with van der Waals surface area (Å²) in [7, 11) is 0. The van der Waals surface area contributed by atoms with Crippen molar-refractivity contribution in [1.29, 1.82) is 0 Å². The second kappa shape index (κ2) is 4.49. The van der Waals surface area contributed by atoms with Crippen molar-refractivity contribution in [3.8, 4) is 5.75 Å². The van der Waals surface area contributed by atoms with E-state index in [1.165, 1.54) is 5.56 Å². The van der Waals surface area contributed by atoms with Crippen LogP contribution >= 0.6 is 0 Å². The lowest BCUT2D eigenvalue weighted by Gasteiger charge is -2.11. The average molecular weight is 235 g/mol. The van der Waals surface area contributed by atoms with Crippen molar-refractivity contribution in [2.45, 2.75) is 6.42 Å². The van der Waals surface area contributed by atoms with Crippen LogP contribution < -0.4 is 0 Å². The van der Waals surface area contributed by atoms with Gasteiger partial charge in [-0.15, -0.1) is 0 Å². The lowest BCUT2D eigenvalue weighted by molar-refractivity contribution is 0.475. The van der Waals surface area contributed by atoms with E-state index in [9.17, 15) is 5.11 Å². The molecule has 2 aromatic carbocycles. The zero-order chi connectivity index (χ0) is 12.4. The lowest BCUT2D eigenvalue weighted by Crippen LogP contribution is -1.94. The van der Waals surface area contributed by atoms with Gasteiger partial charge >= 0.3 is 0 Å². The Morgan fingerprint density at radius 3 is 2.67 bits per heavy atom. The molecular formula is C16H13NO. The summed E-state index contributed by atoms with van der Waals surface area (Å²) in [6, 6.07) is 15.6. The van der Waals surface area contributed by atoms with Crippen LogP contribution in [0.5, 0.6) is 5.75 Å². The van der Waals surface area contributed by atoms with E-state index in [2.05, 4.69) is 17.1 Å². The fraction of sp³-hybridized carbons (Fsp3) is 0.0625. The quantitative estimate of drug-likeness (QED) is 0.807. The molecule has 0 saturated carbocycles. The number of phenolic OH excluding ortho intramolecular Hbond substituents is 1. The van der Waals surface area contributed by atoms with Crippen LogP contribution in [-0.4, -0.2) is 11.3 Å². The van der Waals surface area contributed by atoms with E-state index >= 15 is 0 Å². The number of aliphatic imine (C=N–C) groups is 1. The Balaban J connectivity index is 2.19. The largest absolute Gasteiger partial charge is 0.508 e. The summed E-state index contributed by atoms with van der Waals surface area (Å²) in [6.45, 7) is 0. The maximum absolute atomic E-state index is 9.68. The molecule has 0 aliphatic carbocycles. The number of phenols is 1. The van der Waals surface area contributed by atoms with Crippen LogP contribution in [0.2, 0.25) is 0 Å². The van der Waals surface area contributed by atoms with Gasteiger partial charge in [-0.1, -0.05) is 36.4 Å². The van der Waals surface area contributed by atoms with Gasteiger partial charge in [-0.3, -0.25) is 4.99 Å². The normalized spacial score (nSPS) is 13.7. The van der Waals surface area contributed by atoms with Gasteiger partial charge in [-0.05, 0) is 28.8 Å². The molecule has 2 heteroatoms. The monoisotopic (exact) mass is 235 g/mol. The molecule has 0 aromatic heterocycles. The van der Waals surface area contributed by atoms with Gasteiger partial charge in [-0.2, -0.15) is 0 Å². The van der Waals surface area contributed by atoms with E-state index in [4.69, 9.17) is 0 Å². The van der Waals surface area contributed by atoms with Crippen LogP contribution in [-0.2, 0) is 6.42 Å². The van der Waals surface area contributed by atoms with Gasteiger partial charge in [0.05, 0.1) is 0 Å². The Morgan fingerprint density at radius 2 is 1.83 bits per heavy atom. The fourth-order valence-corrected chi connectivity index (χ4v) is 2.19. The number of aromatic hydroxyl groups is 1. The minimum atomic E-state index is 0.289. The highest BCUT2D eigenvalue weighted by molar-refractivity contribution is 5.85. The first kappa shape index (κ1) is 10.8. The molecule has 0 radical (unpaired) electrons. The predicted octanol–water partition coefficient (Wildman–Crippen LogP) is 3.41. The standard InChI is InChI=1S/C16H13NO/c18-14-7-6-13-8-9-17-11-16(15(13)10-14)12-4-2-1-3-5-12/h1-7,9-11,18H,8H2. The molecule has 18 heavy (non-hydrogen) atoms. The van der Waals surface area contributed by atoms with E-state index in [0.29, 0.717) is 0 Å². The van der Waals surface area contributed by atoms with Gasteiger partial charge < -0.3 is 5.11 Å². The molecular weight excluding hydrogens is 222 g/mol. The Kier molecular flexibility index (Phi) is 2.69.